The number of thioether (sulfide) groups is 1. The number of aliphatic hydroxyl groups is 1. The molecule has 0 aromatic carbocycles. The van der Waals surface area contributed by atoms with Crippen molar-refractivity contribution in [2.45, 2.75) is 36.5 Å². The maximum atomic E-state index is 9.44. The van der Waals surface area contributed by atoms with Crippen LogP contribution in [0.25, 0.3) is 0 Å². The monoisotopic (exact) mass is 242 g/mol. The van der Waals surface area contributed by atoms with E-state index in [-0.39, 0.29) is 12.1 Å². The van der Waals surface area contributed by atoms with Crippen LogP contribution in [0.2, 0.25) is 0 Å². The number of aliphatic hydroxyl groups excluding tert-OH is 1. The average Bonchev–Trinajstić information content (AvgIpc) is 2.97. The fourth-order valence-corrected chi connectivity index (χ4v) is 2.46. The number of aryl methyl sites for hydroxylation is 1. The molecule has 0 bridgehead atoms. The molecule has 1 fully saturated rings. The Kier molecular flexibility index (Phi) is 3.51. The maximum Gasteiger partial charge on any atom is 0.190 e. The molecule has 0 amide bonds. The second kappa shape index (κ2) is 4.73. The topological polar surface area (TPSA) is 63.0 Å². The molecule has 1 aromatic heterocycles. The SMILES string of the molecule is Cn1cnnc1SCC(C)(CO)NC1CC1. The van der Waals surface area contributed by atoms with Crippen molar-refractivity contribution in [3.63, 3.8) is 0 Å². The second-order valence-corrected chi connectivity index (χ2v) is 5.59. The Balaban J connectivity index is 1.88. The molecule has 2 N–H and O–H groups in total. The molecule has 1 heterocycles. The summed E-state index contributed by atoms with van der Waals surface area (Å²) in [5, 5.41) is 21.6. The highest BCUT2D eigenvalue weighted by atomic mass is 32.2. The first-order valence-corrected chi connectivity index (χ1v) is 6.47. The smallest absolute Gasteiger partial charge is 0.190 e. The maximum absolute atomic E-state index is 9.44. The molecule has 1 atom stereocenters. The van der Waals surface area contributed by atoms with Crippen LogP contribution < -0.4 is 5.32 Å². The molecular weight excluding hydrogens is 224 g/mol. The molecule has 1 aliphatic rings. The van der Waals surface area contributed by atoms with Crippen LogP contribution in [0.3, 0.4) is 0 Å². The van der Waals surface area contributed by atoms with Gasteiger partial charge in [0, 0.05) is 24.4 Å². The van der Waals surface area contributed by atoms with Gasteiger partial charge in [0.1, 0.15) is 6.33 Å². The Morgan fingerprint density at radius 1 is 1.69 bits per heavy atom. The summed E-state index contributed by atoms with van der Waals surface area (Å²) in [7, 11) is 1.92. The normalized spacial score (nSPS) is 19.7. The molecular formula is C10H18N4OS. The van der Waals surface area contributed by atoms with Gasteiger partial charge in [-0.1, -0.05) is 11.8 Å². The van der Waals surface area contributed by atoms with Crippen molar-refractivity contribution in [3.05, 3.63) is 6.33 Å². The predicted octanol–water partition coefficient (Wildman–Crippen LogP) is 0.410. The largest absolute Gasteiger partial charge is 0.394 e. The minimum absolute atomic E-state index is 0.147. The Morgan fingerprint density at radius 3 is 2.94 bits per heavy atom. The summed E-state index contributed by atoms with van der Waals surface area (Å²) in [6.07, 6.45) is 4.14. The molecule has 1 aliphatic carbocycles. The van der Waals surface area contributed by atoms with Crippen molar-refractivity contribution in [2.75, 3.05) is 12.4 Å². The van der Waals surface area contributed by atoms with E-state index in [0.29, 0.717) is 6.04 Å². The third kappa shape index (κ3) is 2.96. The van der Waals surface area contributed by atoms with E-state index in [1.165, 1.54) is 12.8 Å². The van der Waals surface area contributed by atoms with Crippen LogP contribution in [0.4, 0.5) is 0 Å². The summed E-state index contributed by atoms with van der Waals surface area (Å²) in [5.74, 6) is 0.798. The van der Waals surface area contributed by atoms with Gasteiger partial charge in [0.15, 0.2) is 5.16 Å². The number of aromatic nitrogens is 3. The van der Waals surface area contributed by atoms with Gasteiger partial charge in [-0.3, -0.25) is 0 Å². The van der Waals surface area contributed by atoms with E-state index in [1.807, 2.05) is 11.6 Å². The number of hydrogen-bond donors (Lipinski definition) is 2. The zero-order chi connectivity index (χ0) is 11.6. The van der Waals surface area contributed by atoms with Gasteiger partial charge in [0.2, 0.25) is 0 Å². The van der Waals surface area contributed by atoms with Crippen molar-refractivity contribution in [1.29, 1.82) is 0 Å². The van der Waals surface area contributed by atoms with Gasteiger partial charge in [0.05, 0.1) is 6.61 Å². The lowest BCUT2D eigenvalue weighted by Gasteiger charge is -2.28. The third-order valence-electron chi connectivity index (χ3n) is 2.67. The first-order valence-electron chi connectivity index (χ1n) is 5.48. The first kappa shape index (κ1) is 11.9. The van der Waals surface area contributed by atoms with Gasteiger partial charge in [-0.05, 0) is 19.8 Å². The van der Waals surface area contributed by atoms with Crippen molar-refractivity contribution in [2.24, 2.45) is 7.05 Å². The van der Waals surface area contributed by atoms with Crippen molar-refractivity contribution < 1.29 is 5.11 Å². The molecule has 2 rings (SSSR count). The van der Waals surface area contributed by atoms with Crippen LogP contribution in [-0.2, 0) is 7.05 Å². The third-order valence-corrected chi connectivity index (χ3v) is 4.08. The standard InChI is InChI=1S/C10H18N4OS/c1-10(5-15,12-8-3-4-8)6-16-9-13-11-7-14(9)2/h7-8,12,15H,3-6H2,1-2H3. The molecule has 0 radical (unpaired) electrons. The number of nitrogens with one attached hydrogen (secondary N) is 1. The molecule has 5 nitrogen and oxygen atoms in total. The predicted molar refractivity (Wildman–Crippen MR) is 63.4 cm³/mol. The fourth-order valence-electron chi connectivity index (χ4n) is 1.48. The highest BCUT2D eigenvalue weighted by Gasteiger charge is 2.32. The summed E-state index contributed by atoms with van der Waals surface area (Å²) >= 11 is 1.62. The van der Waals surface area contributed by atoms with E-state index in [2.05, 4.69) is 22.4 Å². The quantitative estimate of drug-likeness (QED) is 0.708. The zero-order valence-corrected chi connectivity index (χ0v) is 10.5. The molecule has 1 unspecified atom stereocenters. The van der Waals surface area contributed by atoms with E-state index >= 15 is 0 Å². The Morgan fingerprint density at radius 2 is 2.44 bits per heavy atom. The lowest BCUT2D eigenvalue weighted by atomic mass is 10.1. The van der Waals surface area contributed by atoms with Gasteiger partial charge in [-0.2, -0.15) is 0 Å². The summed E-state index contributed by atoms with van der Waals surface area (Å²) in [4.78, 5) is 0. The van der Waals surface area contributed by atoms with Crippen LogP contribution in [0.1, 0.15) is 19.8 Å². The Bertz CT molecular complexity index is 352. The lowest BCUT2D eigenvalue weighted by Crippen LogP contribution is -2.49. The molecule has 0 saturated heterocycles. The first-order chi connectivity index (χ1) is 7.63. The summed E-state index contributed by atoms with van der Waals surface area (Å²) in [5.41, 5.74) is -0.224. The number of nitrogens with zero attached hydrogens (tertiary/aromatic N) is 3. The van der Waals surface area contributed by atoms with Crippen LogP contribution in [-0.4, -0.2) is 43.8 Å². The van der Waals surface area contributed by atoms with Crippen molar-refractivity contribution in [1.82, 2.24) is 20.1 Å². The van der Waals surface area contributed by atoms with Gasteiger partial charge in [0.25, 0.3) is 0 Å². The molecule has 6 heteroatoms. The van der Waals surface area contributed by atoms with E-state index < -0.39 is 0 Å². The van der Waals surface area contributed by atoms with E-state index in [4.69, 9.17) is 0 Å². The van der Waals surface area contributed by atoms with Gasteiger partial charge >= 0.3 is 0 Å². The fraction of sp³-hybridized carbons (Fsp3) is 0.800. The Labute approximate surface area is 99.6 Å². The highest BCUT2D eigenvalue weighted by Crippen LogP contribution is 2.26. The summed E-state index contributed by atoms with van der Waals surface area (Å²) < 4.78 is 1.89. The van der Waals surface area contributed by atoms with E-state index in [1.54, 1.807) is 18.1 Å². The number of rotatable bonds is 6. The van der Waals surface area contributed by atoms with Crippen LogP contribution in [0.5, 0.6) is 0 Å². The van der Waals surface area contributed by atoms with Crippen LogP contribution in [0.15, 0.2) is 11.5 Å². The molecule has 90 valence electrons. The highest BCUT2D eigenvalue weighted by molar-refractivity contribution is 7.99. The van der Waals surface area contributed by atoms with E-state index in [0.717, 1.165) is 10.9 Å². The average molecular weight is 242 g/mol. The van der Waals surface area contributed by atoms with Gasteiger partial charge in [-0.15, -0.1) is 10.2 Å². The molecule has 1 aromatic rings. The van der Waals surface area contributed by atoms with E-state index in [9.17, 15) is 5.11 Å². The molecule has 0 spiro atoms. The summed E-state index contributed by atoms with van der Waals surface area (Å²) in [6.45, 7) is 2.20. The summed E-state index contributed by atoms with van der Waals surface area (Å²) in [6, 6.07) is 0.595. The molecule has 16 heavy (non-hydrogen) atoms. The molecule has 0 aliphatic heterocycles. The molecule has 1 saturated carbocycles. The lowest BCUT2D eigenvalue weighted by molar-refractivity contribution is 0.190. The van der Waals surface area contributed by atoms with Crippen LogP contribution in [0, 0.1) is 0 Å². The Hall–Kier alpha value is -0.590. The minimum atomic E-state index is -0.224. The van der Waals surface area contributed by atoms with Crippen molar-refractivity contribution in [3.8, 4) is 0 Å². The van der Waals surface area contributed by atoms with Gasteiger partial charge < -0.3 is 15.0 Å². The van der Waals surface area contributed by atoms with Crippen LogP contribution >= 0.6 is 11.8 Å². The second-order valence-electron chi connectivity index (χ2n) is 4.65. The minimum Gasteiger partial charge on any atom is -0.394 e. The number of hydrogen-bond acceptors (Lipinski definition) is 5. The van der Waals surface area contributed by atoms with Gasteiger partial charge in [-0.25, -0.2) is 0 Å². The zero-order valence-electron chi connectivity index (χ0n) is 9.68. The van der Waals surface area contributed by atoms with Crippen molar-refractivity contribution >= 4 is 11.8 Å².